The monoisotopic (exact) mass is 394 g/mol. The maximum Gasteiger partial charge on any atom is 0.233 e. The van der Waals surface area contributed by atoms with Gasteiger partial charge in [-0.05, 0) is 38.1 Å². The predicted octanol–water partition coefficient (Wildman–Crippen LogP) is 3.56. The molecule has 26 heavy (non-hydrogen) atoms. The summed E-state index contributed by atoms with van der Waals surface area (Å²) in [4.78, 5) is 14.1. The molecule has 140 valence electrons. The van der Waals surface area contributed by atoms with Crippen molar-refractivity contribution in [2.45, 2.75) is 25.6 Å². The number of benzene rings is 1. The molecule has 1 heterocycles. The van der Waals surface area contributed by atoms with Crippen LogP contribution in [0.3, 0.4) is 0 Å². The lowest BCUT2D eigenvalue weighted by molar-refractivity contribution is -0.127. The molecule has 0 bridgehead atoms. The first-order chi connectivity index (χ1) is 12.4. The first kappa shape index (κ1) is 20.3. The third-order valence-corrected chi connectivity index (χ3v) is 4.88. The molecule has 0 unspecified atom stereocenters. The highest BCUT2D eigenvalue weighted by molar-refractivity contribution is 7.99. The standard InChI is InChI=1S/C18H23ClN4O2S/c1-5-23(10-13(2)3)17(24)12-26-18-21-20-16(22(18)4)11-25-15-8-6-14(19)7-9-15/h6-9H,2,5,10-12H2,1,3-4H3. The maximum atomic E-state index is 12.3. The Morgan fingerprint density at radius 1 is 1.35 bits per heavy atom. The van der Waals surface area contributed by atoms with Gasteiger partial charge >= 0.3 is 0 Å². The van der Waals surface area contributed by atoms with Crippen molar-refractivity contribution in [2.75, 3.05) is 18.8 Å². The van der Waals surface area contributed by atoms with Gasteiger partial charge in [-0.3, -0.25) is 4.79 Å². The van der Waals surface area contributed by atoms with Gasteiger partial charge in [0.1, 0.15) is 12.4 Å². The van der Waals surface area contributed by atoms with Crippen LogP contribution in [0.15, 0.2) is 41.6 Å². The third kappa shape index (κ3) is 5.78. The Bertz CT molecular complexity index is 761. The number of ether oxygens (including phenoxy) is 1. The number of thioether (sulfide) groups is 1. The number of likely N-dealkylation sites (N-methyl/N-ethyl adjacent to an activating group) is 1. The van der Waals surface area contributed by atoms with Gasteiger partial charge in [-0.2, -0.15) is 0 Å². The number of carbonyl (C=O) groups excluding carboxylic acids is 1. The fourth-order valence-electron chi connectivity index (χ4n) is 2.19. The second kappa shape index (κ2) is 9.64. The lowest BCUT2D eigenvalue weighted by Crippen LogP contribution is -2.33. The van der Waals surface area contributed by atoms with E-state index in [2.05, 4.69) is 16.8 Å². The van der Waals surface area contributed by atoms with Crippen LogP contribution < -0.4 is 4.74 Å². The Kier molecular flexibility index (Phi) is 7.53. The summed E-state index contributed by atoms with van der Waals surface area (Å²) in [5.74, 6) is 1.76. The van der Waals surface area contributed by atoms with Gasteiger partial charge < -0.3 is 14.2 Å². The molecule has 1 amide bonds. The highest BCUT2D eigenvalue weighted by Crippen LogP contribution is 2.19. The topological polar surface area (TPSA) is 60.3 Å². The van der Waals surface area contributed by atoms with Crippen molar-refractivity contribution in [3.63, 3.8) is 0 Å². The lowest BCUT2D eigenvalue weighted by Gasteiger charge is -2.20. The number of nitrogens with zero attached hydrogens (tertiary/aromatic N) is 4. The number of carbonyl (C=O) groups is 1. The molecule has 0 aliphatic carbocycles. The van der Waals surface area contributed by atoms with Crippen LogP contribution in [0.5, 0.6) is 5.75 Å². The van der Waals surface area contributed by atoms with E-state index in [1.165, 1.54) is 11.8 Å². The Morgan fingerprint density at radius 2 is 2.04 bits per heavy atom. The van der Waals surface area contributed by atoms with E-state index in [9.17, 15) is 4.79 Å². The highest BCUT2D eigenvalue weighted by atomic mass is 35.5. The third-order valence-electron chi connectivity index (χ3n) is 3.63. The van der Waals surface area contributed by atoms with Crippen LogP contribution in [-0.4, -0.2) is 44.4 Å². The zero-order valence-corrected chi connectivity index (χ0v) is 16.8. The quantitative estimate of drug-likeness (QED) is 0.480. The van der Waals surface area contributed by atoms with Crippen LogP contribution in [0, 0.1) is 0 Å². The normalized spacial score (nSPS) is 10.6. The molecule has 6 nitrogen and oxygen atoms in total. The Hall–Kier alpha value is -1.99. The second-order valence-electron chi connectivity index (χ2n) is 5.85. The van der Waals surface area contributed by atoms with Crippen molar-refractivity contribution in [1.29, 1.82) is 0 Å². The van der Waals surface area contributed by atoms with Crippen molar-refractivity contribution < 1.29 is 9.53 Å². The lowest BCUT2D eigenvalue weighted by atomic mass is 10.3. The largest absolute Gasteiger partial charge is 0.486 e. The minimum atomic E-state index is 0.0578. The molecule has 0 aliphatic heterocycles. The number of aromatic nitrogens is 3. The van der Waals surface area contributed by atoms with E-state index in [0.717, 1.165) is 5.57 Å². The van der Waals surface area contributed by atoms with Gasteiger partial charge in [0.25, 0.3) is 0 Å². The summed E-state index contributed by atoms with van der Waals surface area (Å²) in [5, 5.41) is 9.63. The molecule has 0 fully saturated rings. The summed E-state index contributed by atoms with van der Waals surface area (Å²) in [6.07, 6.45) is 0. The summed E-state index contributed by atoms with van der Waals surface area (Å²) < 4.78 is 7.53. The van der Waals surface area contributed by atoms with E-state index >= 15 is 0 Å². The van der Waals surface area contributed by atoms with Gasteiger partial charge in [0.2, 0.25) is 5.91 Å². The number of amides is 1. The van der Waals surface area contributed by atoms with Crippen LogP contribution in [0.2, 0.25) is 5.02 Å². The molecule has 0 radical (unpaired) electrons. The van der Waals surface area contributed by atoms with Gasteiger partial charge in [-0.25, -0.2) is 0 Å². The molecule has 0 atom stereocenters. The maximum absolute atomic E-state index is 12.3. The summed E-state index contributed by atoms with van der Waals surface area (Å²) >= 11 is 7.22. The number of rotatable bonds is 9. The molecular weight excluding hydrogens is 372 g/mol. The molecule has 0 saturated carbocycles. The fraction of sp³-hybridized carbons (Fsp3) is 0.389. The van der Waals surface area contributed by atoms with Crippen molar-refractivity contribution in [3.8, 4) is 5.75 Å². The Labute approximate surface area is 163 Å². The zero-order chi connectivity index (χ0) is 19.1. The summed E-state index contributed by atoms with van der Waals surface area (Å²) in [5.41, 5.74) is 0.963. The molecular formula is C18H23ClN4O2S. The summed E-state index contributed by atoms with van der Waals surface area (Å²) in [6.45, 7) is 9.26. The molecule has 2 rings (SSSR count). The van der Waals surface area contributed by atoms with Crippen molar-refractivity contribution in [2.24, 2.45) is 7.05 Å². The van der Waals surface area contributed by atoms with Crippen LogP contribution in [-0.2, 0) is 18.4 Å². The summed E-state index contributed by atoms with van der Waals surface area (Å²) in [6, 6.07) is 7.14. The fourth-order valence-corrected chi connectivity index (χ4v) is 3.15. The van der Waals surface area contributed by atoms with E-state index in [4.69, 9.17) is 16.3 Å². The van der Waals surface area contributed by atoms with Crippen molar-refractivity contribution in [1.82, 2.24) is 19.7 Å². The molecule has 1 aromatic heterocycles. The van der Waals surface area contributed by atoms with Crippen LogP contribution in [0.1, 0.15) is 19.7 Å². The van der Waals surface area contributed by atoms with Gasteiger partial charge in [0.15, 0.2) is 11.0 Å². The first-order valence-electron chi connectivity index (χ1n) is 8.22. The average molecular weight is 395 g/mol. The summed E-state index contributed by atoms with van der Waals surface area (Å²) in [7, 11) is 1.86. The van der Waals surface area contributed by atoms with E-state index < -0.39 is 0 Å². The molecule has 0 aliphatic rings. The average Bonchev–Trinajstić information content (AvgIpc) is 2.97. The molecule has 2 aromatic rings. The predicted molar refractivity (Wildman–Crippen MR) is 105 cm³/mol. The SMILES string of the molecule is C=C(C)CN(CC)C(=O)CSc1nnc(COc2ccc(Cl)cc2)n1C. The second-order valence-corrected chi connectivity index (χ2v) is 7.23. The van der Waals surface area contributed by atoms with Gasteiger partial charge in [0, 0.05) is 25.2 Å². The number of hydrogen-bond donors (Lipinski definition) is 0. The van der Waals surface area contributed by atoms with Crippen LogP contribution >= 0.6 is 23.4 Å². The smallest absolute Gasteiger partial charge is 0.233 e. The highest BCUT2D eigenvalue weighted by Gasteiger charge is 2.15. The van der Waals surface area contributed by atoms with Crippen LogP contribution in [0.25, 0.3) is 0 Å². The number of hydrogen-bond acceptors (Lipinski definition) is 5. The molecule has 8 heteroatoms. The van der Waals surface area contributed by atoms with E-state index in [1.54, 1.807) is 29.2 Å². The Balaban J connectivity index is 1.90. The molecule has 0 saturated heterocycles. The van der Waals surface area contributed by atoms with Gasteiger partial charge in [-0.1, -0.05) is 35.5 Å². The molecule has 0 N–H and O–H groups in total. The Morgan fingerprint density at radius 3 is 2.65 bits per heavy atom. The van der Waals surface area contributed by atoms with Gasteiger partial charge in [-0.15, -0.1) is 10.2 Å². The number of halogens is 1. The van der Waals surface area contributed by atoms with E-state index in [1.807, 2.05) is 25.5 Å². The first-order valence-corrected chi connectivity index (χ1v) is 9.58. The zero-order valence-electron chi connectivity index (χ0n) is 15.2. The minimum Gasteiger partial charge on any atom is -0.486 e. The van der Waals surface area contributed by atoms with Crippen LogP contribution in [0.4, 0.5) is 0 Å². The van der Waals surface area contributed by atoms with E-state index in [0.29, 0.717) is 40.6 Å². The van der Waals surface area contributed by atoms with Crippen molar-refractivity contribution >= 4 is 29.3 Å². The molecule has 1 aromatic carbocycles. The molecule has 0 spiro atoms. The van der Waals surface area contributed by atoms with Gasteiger partial charge in [0.05, 0.1) is 5.75 Å². The minimum absolute atomic E-state index is 0.0578. The van der Waals surface area contributed by atoms with Crippen molar-refractivity contribution in [3.05, 3.63) is 47.3 Å². The van der Waals surface area contributed by atoms with E-state index in [-0.39, 0.29) is 12.5 Å².